The second-order valence-electron chi connectivity index (χ2n) is 4.60. The van der Waals surface area contributed by atoms with E-state index in [2.05, 4.69) is 12.2 Å². The van der Waals surface area contributed by atoms with Gasteiger partial charge in [0, 0.05) is 6.04 Å². The van der Waals surface area contributed by atoms with Crippen LogP contribution in [-0.2, 0) is 4.74 Å². The summed E-state index contributed by atoms with van der Waals surface area (Å²) in [6.07, 6.45) is 5.13. The Morgan fingerprint density at radius 2 is 2.00 bits per heavy atom. The molecule has 0 aromatic heterocycles. The molecule has 1 aliphatic rings. The number of aliphatic hydroxyl groups excluding tert-OH is 2. The van der Waals surface area contributed by atoms with E-state index in [0.29, 0.717) is 6.04 Å². The third-order valence-electron chi connectivity index (χ3n) is 3.09. The zero-order valence-electron chi connectivity index (χ0n) is 10.2. The fraction of sp³-hybridized carbons (Fsp3) is 1.00. The highest BCUT2D eigenvalue weighted by Gasteiger charge is 2.21. The van der Waals surface area contributed by atoms with E-state index < -0.39 is 6.10 Å². The highest BCUT2D eigenvalue weighted by Crippen LogP contribution is 2.21. The molecule has 0 spiro atoms. The molecule has 0 bridgehead atoms. The number of nitrogens with one attached hydrogen (secondary N) is 1. The highest BCUT2D eigenvalue weighted by atomic mass is 16.5. The van der Waals surface area contributed by atoms with E-state index in [1.165, 1.54) is 6.42 Å². The summed E-state index contributed by atoms with van der Waals surface area (Å²) in [6, 6.07) is 0.641. The van der Waals surface area contributed by atoms with Gasteiger partial charge in [0.25, 0.3) is 0 Å². The zero-order chi connectivity index (χ0) is 11.8. The first-order valence-electron chi connectivity index (χ1n) is 6.40. The number of ether oxygens (including phenoxy) is 1. The summed E-state index contributed by atoms with van der Waals surface area (Å²) in [5, 5.41) is 21.4. The van der Waals surface area contributed by atoms with Crippen LogP contribution in [0.25, 0.3) is 0 Å². The van der Waals surface area contributed by atoms with E-state index in [-0.39, 0.29) is 19.3 Å². The molecule has 1 atom stereocenters. The predicted molar refractivity (Wildman–Crippen MR) is 63.4 cm³/mol. The summed E-state index contributed by atoms with van der Waals surface area (Å²) >= 11 is 0. The van der Waals surface area contributed by atoms with Gasteiger partial charge in [-0.05, 0) is 38.6 Å². The standard InChI is InChI=1S/C12H25NO3/c1-2-7-13-10-3-5-12(6-4-10)16-9-11(15)8-14/h10-15H,2-9H2,1H3. The molecule has 0 amide bonds. The fourth-order valence-corrected chi connectivity index (χ4v) is 2.08. The van der Waals surface area contributed by atoms with Gasteiger partial charge in [-0.15, -0.1) is 0 Å². The summed E-state index contributed by atoms with van der Waals surface area (Å²) in [5.74, 6) is 0. The van der Waals surface area contributed by atoms with E-state index in [1.807, 2.05) is 0 Å². The molecule has 1 aliphatic carbocycles. The maximum atomic E-state index is 9.17. The van der Waals surface area contributed by atoms with Crippen LogP contribution in [0, 0.1) is 0 Å². The van der Waals surface area contributed by atoms with Gasteiger partial charge in [0.2, 0.25) is 0 Å². The molecule has 0 aliphatic heterocycles. The number of rotatable bonds is 7. The van der Waals surface area contributed by atoms with Crippen molar-refractivity contribution in [3.05, 3.63) is 0 Å². The lowest BCUT2D eigenvalue weighted by atomic mass is 9.93. The van der Waals surface area contributed by atoms with E-state index in [0.717, 1.165) is 32.2 Å². The summed E-state index contributed by atoms with van der Waals surface area (Å²) in [5.41, 5.74) is 0. The number of aliphatic hydroxyl groups is 2. The molecular weight excluding hydrogens is 206 g/mol. The van der Waals surface area contributed by atoms with Crippen LogP contribution < -0.4 is 5.32 Å². The first-order chi connectivity index (χ1) is 7.76. The van der Waals surface area contributed by atoms with Gasteiger partial charge in [-0.2, -0.15) is 0 Å². The van der Waals surface area contributed by atoms with Gasteiger partial charge in [0.1, 0.15) is 6.10 Å². The molecule has 1 fully saturated rings. The summed E-state index contributed by atoms with van der Waals surface area (Å²) in [7, 11) is 0. The Morgan fingerprint density at radius 1 is 1.31 bits per heavy atom. The first kappa shape index (κ1) is 13.9. The van der Waals surface area contributed by atoms with Gasteiger partial charge in [0.05, 0.1) is 19.3 Å². The second kappa shape index (κ2) is 8.01. The molecule has 0 saturated heterocycles. The van der Waals surface area contributed by atoms with Crippen molar-refractivity contribution in [1.29, 1.82) is 0 Å². The van der Waals surface area contributed by atoms with Crippen molar-refractivity contribution in [3.8, 4) is 0 Å². The van der Waals surface area contributed by atoms with Crippen molar-refractivity contribution in [3.63, 3.8) is 0 Å². The van der Waals surface area contributed by atoms with Crippen LogP contribution in [0.1, 0.15) is 39.0 Å². The first-order valence-corrected chi connectivity index (χ1v) is 6.40. The summed E-state index contributed by atoms with van der Waals surface area (Å²) in [4.78, 5) is 0. The Balaban J connectivity index is 2.07. The Hall–Kier alpha value is -0.160. The molecule has 96 valence electrons. The van der Waals surface area contributed by atoms with Crippen LogP contribution >= 0.6 is 0 Å². The molecule has 0 radical (unpaired) electrons. The van der Waals surface area contributed by atoms with Crippen molar-refractivity contribution >= 4 is 0 Å². The van der Waals surface area contributed by atoms with Gasteiger partial charge in [-0.3, -0.25) is 0 Å². The van der Waals surface area contributed by atoms with Crippen LogP contribution in [0.3, 0.4) is 0 Å². The molecule has 1 unspecified atom stereocenters. The van der Waals surface area contributed by atoms with Crippen LogP contribution in [0.4, 0.5) is 0 Å². The molecule has 3 N–H and O–H groups in total. The van der Waals surface area contributed by atoms with E-state index in [1.54, 1.807) is 0 Å². The Morgan fingerprint density at radius 3 is 2.56 bits per heavy atom. The minimum atomic E-state index is -0.726. The molecule has 1 rings (SSSR count). The summed E-state index contributed by atoms with van der Waals surface area (Å²) < 4.78 is 5.55. The SMILES string of the molecule is CCCNC1CCC(OCC(O)CO)CC1. The van der Waals surface area contributed by atoms with E-state index in [4.69, 9.17) is 14.9 Å². The second-order valence-corrected chi connectivity index (χ2v) is 4.60. The van der Waals surface area contributed by atoms with Crippen LogP contribution in [-0.4, -0.2) is 48.2 Å². The van der Waals surface area contributed by atoms with Gasteiger partial charge >= 0.3 is 0 Å². The maximum Gasteiger partial charge on any atom is 0.100 e. The molecule has 0 heterocycles. The van der Waals surface area contributed by atoms with Crippen LogP contribution in [0.15, 0.2) is 0 Å². The lowest BCUT2D eigenvalue weighted by Crippen LogP contribution is -2.36. The maximum absolute atomic E-state index is 9.17. The van der Waals surface area contributed by atoms with Gasteiger partial charge < -0.3 is 20.3 Å². The summed E-state index contributed by atoms with van der Waals surface area (Å²) in [6.45, 7) is 3.32. The zero-order valence-corrected chi connectivity index (χ0v) is 10.2. The Kier molecular flexibility index (Phi) is 6.96. The topological polar surface area (TPSA) is 61.7 Å². The van der Waals surface area contributed by atoms with Crippen molar-refractivity contribution in [2.75, 3.05) is 19.8 Å². The average molecular weight is 231 g/mol. The van der Waals surface area contributed by atoms with Crippen molar-refractivity contribution < 1.29 is 14.9 Å². The molecule has 0 aromatic rings. The lowest BCUT2D eigenvalue weighted by Gasteiger charge is -2.29. The quantitative estimate of drug-likeness (QED) is 0.602. The minimum absolute atomic E-state index is 0.215. The molecule has 1 saturated carbocycles. The molecule has 4 heteroatoms. The third kappa shape index (κ3) is 5.25. The molecule has 4 nitrogen and oxygen atoms in total. The smallest absolute Gasteiger partial charge is 0.100 e. The van der Waals surface area contributed by atoms with Crippen LogP contribution in [0.5, 0.6) is 0 Å². The van der Waals surface area contributed by atoms with Crippen molar-refractivity contribution in [2.24, 2.45) is 0 Å². The normalized spacial score (nSPS) is 27.9. The van der Waals surface area contributed by atoms with E-state index in [9.17, 15) is 0 Å². The molecule has 16 heavy (non-hydrogen) atoms. The van der Waals surface area contributed by atoms with Crippen LogP contribution in [0.2, 0.25) is 0 Å². The average Bonchev–Trinajstić information content (AvgIpc) is 2.34. The van der Waals surface area contributed by atoms with Crippen molar-refractivity contribution in [2.45, 2.75) is 57.3 Å². The Bertz CT molecular complexity index is 170. The monoisotopic (exact) mass is 231 g/mol. The minimum Gasteiger partial charge on any atom is -0.394 e. The van der Waals surface area contributed by atoms with Gasteiger partial charge in [-0.1, -0.05) is 6.92 Å². The molecular formula is C12H25NO3. The molecule has 0 aromatic carbocycles. The van der Waals surface area contributed by atoms with E-state index >= 15 is 0 Å². The Labute approximate surface area is 98.0 Å². The third-order valence-corrected chi connectivity index (χ3v) is 3.09. The largest absolute Gasteiger partial charge is 0.394 e. The lowest BCUT2D eigenvalue weighted by molar-refractivity contribution is -0.0420. The predicted octanol–water partition coefficient (Wildman–Crippen LogP) is 0.667. The van der Waals surface area contributed by atoms with Gasteiger partial charge in [0.15, 0.2) is 0 Å². The number of hydrogen-bond acceptors (Lipinski definition) is 4. The fourth-order valence-electron chi connectivity index (χ4n) is 2.08. The van der Waals surface area contributed by atoms with Gasteiger partial charge in [-0.25, -0.2) is 0 Å². The van der Waals surface area contributed by atoms with Crippen molar-refractivity contribution in [1.82, 2.24) is 5.32 Å². The number of hydrogen-bond donors (Lipinski definition) is 3. The highest BCUT2D eigenvalue weighted by molar-refractivity contribution is 4.77.